The van der Waals surface area contributed by atoms with E-state index >= 15 is 0 Å². The van der Waals surface area contributed by atoms with E-state index in [1.165, 1.54) is 14.2 Å². The second kappa shape index (κ2) is 7.06. The first kappa shape index (κ1) is 16.0. The molecule has 1 heterocycles. The average Bonchev–Trinajstić information content (AvgIpc) is 2.94. The number of hydrogen-bond donors (Lipinski definition) is 0. The second-order valence-corrected chi connectivity index (χ2v) is 5.17. The van der Waals surface area contributed by atoms with Crippen molar-refractivity contribution < 1.29 is 23.9 Å². The number of rotatable bonds is 5. The van der Waals surface area contributed by atoms with Gasteiger partial charge in [-0.15, -0.1) is 0 Å². The van der Waals surface area contributed by atoms with Crippen molar-refractivity contribution >= 4 is 23.5 Å². The number of amides is 1. The molecule has 1 fully saturated rings. The summed E-state index contributed by atoms with van der Waals surface area (Å²) in [6.45, 7) is 0.340. The van der Waals surface area contributed by atoms with Gasteiger partial charge in [0.1, 0.15) is 0 Å². The second-order valence-electron chi connectivity index (χ2n) is 5.17. The Kier molecular flexibility index (Phi) is 5.14. The van der Waals surface area contributed by atoms with Gasteiger partial charge in [-0.3, -0.25) is 14.4 Å². The molecule has 6 nitrogen and oxygen atoms in total. The van der Waals surface area contributed by atoms with Crippen molar-refractivity contribution in [3.05, 3.63) is 29.8 Å². The highest BCUT2D eigenvalue weighted by Gasteiger charge is 2.35. The van der Waals surface area contributed by atoms with Crippen molar-refractivity contribution in [2.45, 2.75) is 19.3 Å². The normalized spacial score (nSPS) is 17.5. The van der Waals surface area contributed by atoms with E-state index in [-0.39, 0.29) is 24.3 Å². The molecule has 118 valence electrons. The van der Waals surface area contributed by atoms with Gasteiger partial charge in [-0.05, 0) is 24.1 Å². The molecular formula is C16H19NO5. The fourth-order valence-corrected chi connectivity index (χ4v) is 2.47. The number of carbonyl (C=O) groups excluding carboxylic acids is 3. The number of nitrogens with zero attached hydrogens (tertiary/aromatic N) is 1. The van der Waals surface area contributed by atoms with Crippen LogP contribution < -0.4 is 4.90 Å². The lowest BCUT2D eigenvalue weighted by Gasteiger charge is -2.16. The number of ether oxygens (including phenoxy) is 2. The number of hydrogen-bond acceptors (Lipinski definition) is 5. The largest absolute Gasteiger partial charge is 0.469 e. The summed E-state index contributed by atoms with van der Waals surface area (Å²) in [4.78, 5) is 36.2. The van der Waals surface area contributed by atoms with Crippen LogP contribution in [-0.4, -0.2) is 38.6 Å². The van der Waals surface area contributed by atoms with E-state index in [0.29, 0.717) is 19.4 Å². The third-order valence-corrected chi connectivity index (χ3v) is 3.75. The standard InChI is InChI=1S/C16H19NO5/c1-21-15(19)8-5-11-3-6-13(7-4-11)17-10-12(9-14(17)18)16(20)22-2/h3-4,6-7,12H,5,8-10H2,1-2H3. The van der Waals surface area contributed by atoms with Crippen LogP contribution in [0.1, 0.15) is 18.4 Å². The Morgan fingerprint density at radius 3 is 2.45 bits per heavy atom. The molecule has 0 spiro atoms. The van der Waals surface area contributed by atoms with Crippen LogP contribution in [0.3, 0.4) is 0 Å². The average molecular weight is 305 g/mol. The molecule has 6 heteroatoms. The van der Waals surface area contributed by atoms with Crippen LogP contribution in [0.5, 0.6) is 0 Å². The van der Waals surface area contributed by atoms with Crippen LogP contribution in [0.4, 0.5) is 5.69 Å². The number of aryl methyl sites for hydroxylation is 1. The molecule has 0 aliphatic carbocycles. The fraction of sp³-hybridized carbons (Fsp3) is 0.438. The minimum absolute atomic E-state index is 0.0855. The van der Waals surface area contributed by atoms with Gasteiger partial charge in [0.2, 0.25) is 5.91 Å². The number of benzene rings is 1. The van der Waals surface area contributed by atoms with Crippen molar-refractivity contribution in [3.8, 4) is 0 Å². The number of methoxy groups -OCH3 is 2. The Morgan fingerprint density at radius 1 is 1.18 bits per heavy atom. The van der Waals surface area contributed by atoms with Crippen molar-refractivity contribution in [2.75, 3.05) is 25.7 Å². The minimum atomic E-state index is -0.406. The Balaban J connectivity index is 2.00. The predicted molar refractivity (Wildman–Crippen MR) is 79.3 cm³/mol. The molecule has 1 unspecified atom stereocenters. The molecule has 0 saturated carbocycles. The van der Waals surface area contributed by atoms with Crippen LogP contribution in [0, 0.1) is 5.92 Å². The highest BCUT2D eigenvalue weighted by Crippen LogP contribution is 2.26. The third-order valence-electron chi connectivity index (χ3n) is 3.75. The lowest BCUT2D eigenvalue weighted by molar-refractivity contribution is -0.145. The number of carbonyl (C=O) groups is 3. The maximum atomic E-state index is 12.0. The molecule has 1 aromatic carbocycles. The number of anilines is 1. The van der Waals surface area contributed by atoms with Gasteiger partial charge >= 0.3 is 11.9 Å². The van der Waals surface area contributed by atoms with Gasteiger partial charge in [0.05, 0.1) is 20.1 Å². The summed E-state index contributed by atoms with van der Waals surface area (Å²) >= 11 is 0. The maximum Gasteiger partial charge on any atom is 0.311 e. The Bertz CT molecular complexity index is 566. The van der Waals surface area contributed by atoms with Crippen LogP contribution in [0.15, 0.2) is 24.3 Å². The molecule has 22 heavy (non-hydrogen) atoms. The van der Waals surface area contributed by atoms with Crippen LogP contribution in [-0.2, 0) is 30.3 Å². The monoisotopic (exact) mass is 305 g/mol. The summed E-state index contributed by atoms with van der Waals surface area (Å²) < 4.78 is 9.29. The fourth-order valence-electron chi connectivity index (χ4n) is 2.47. The van der Waals surface area contributed by atoms with Crippen LogP contribution in [0.2, 0.25) is 0 Å². The summed E-state index contributed by atoms with van der Waals surface area (Å²) in [7, 11) is 2.69. The molecule has 1 saturated heterocycles. The Morgan fingerprint density at radius 2 is 1.86 bits per heavy atom. The summed E-state index contributed by atoms with van der Waals surface area (Å²) in [5.74, 6) is -1.10. The Hall–Kier alpha value is -2.37. The molecule has 1 atom stereocenters. The summed E-state index contributed by atoms with van der Waals surface area (Å²) in [6, 6.07) is 7.39. The first-order valence-electron chi connectivity index (χ1n) is 7.09. The van der Waals surface area contributed by atoms with Crippen molar-refractivity contribution in [3.63, 3.8) is 0 Å². The quantitative estimate of drug-likeness (QED) is 0.767. The summed E-state index contributed by atoms with van der Waals surface area (Å²) in [6.07, 6.45) is 1.09. The van der Waals surface area contributed by atoms with E-state index in [1.807, 2.05) is 24.3 Å². The smallest absolute Gasteiger partial charge is 0.311 e. The van der Waals surface area contributed by atoms with Gasteiger partial charge in [-0.1, -0.05) is 12.1 Å². The molecule has 0 radical (unpaired) electrons. The molecule has 1 aromatic rings. The molecule has 1 aliphatic rings. The molecule has 0 aromatic heterocycles. The van der Waals surface area contributed by atoms with Gasteiger partial charge in [-0.2, -0.15) is 0 Å². The highest BCUT2D eigenvalue weighted by atomic mass is 16.5. The van der Waals surface area contributed by atoms with Crippen molar-refractivity contribution in [1.82, 2.24) is 0 Å². The lowest BCUT2D eigenvalue weighted by Crippen LogP contribution is -2.26. The van der Waals surface area contributed by atoms with E-state index < -0.39 is 5.92 Å². The van der Waals surface area contributed by atoms with Crippen LogP contribution >= 0.6 is 0 Å². The molecule has 0 N–H and O–H groups in total. The molecule has 0 bridgehead atoms. The van der Waals surface area contributed by atoms with E-state index in [4.69, 9.17) is 0 Å². The van der Waals surface area contributed by atoms with Crippen molar-refractivity contribution in [2.24, 2.45) is 5.92 Å². The summed E-state index contributed by atoms with van der Waals surface area (Å²) in [5, 5.41) is 0. The minimum Gasteiger partial charge on any atom is -0.469 e. The van der Waals surface area contributed by atoms with Gasteiger partial charge in [0, 0.05) is 25.1 Å². The molecule has 1 amide bonds. The van der Waals surface area contributed by atoms with Gasteiger partial charge in [0.25, 0.3) is 0 Å². The third kappa shape index (κ3) is 3.63. The molecule has 1 aliphatic heterocycles. The van der Waals surface area contributed by atoms with Gasteiger partial charge < -0.3 is 14.4 Å². The zero-order valence-electron chi connectivity index (χ0n) is 12.7. The Labute approximate surface area is 129 Å². The SMILES string of the molecule is COC(=O)CCc1ccc(N2CC(C(=O)OC)CC2=O)cc1. The molecule has 2 rings (SSSR count). The van der Waals surface area contributed by atoms with E-state index in [9.17, 15) is 14.4 Å². The number of esters is 2. The van der Waals surface area contributed by atoms with Gasteiger partial charge in [-0.25, -0.2) is 0 Å². The van der Waals surface area contributed by atoms with E-state index in [1.54, 1.807) is 4.90 Å². The van der Waals surface area contributed by atoms with E-state index in [0.717, 1.165) is 11.3 Å². The zero-order chi connectivity index (χ0) is 16.1. The summed E-state index contributed by atoms with van der Waals surface area (Å²) in [5.41, 5.74) is 1.74. The predicted octanol–water partition coefficient (Wildman–Crippen LogP) is 1.32. The first-order valence-corrected chi connectivity index (χ1v) is 7.09. The van der Waals surface area contributed by atoms with Crippen molar-refractivity contribution in [1.29, 1.82) is 0 Å². The maximum absolute atomic E-state index is 12.0. The van der Waals surface area contributed by atoms with E-state index in [2.05, 4.69) is 9.47 Å². The van der Waals surface area contributed by atoms with Crippen LogP contribution in [0.25, 0.3) is 0 Å². The highest BCUT2D eigenvalue weighted by molar-refractivity contribution is 5.99. The molecular weight excluding hydrogens is 286 g/mol. The zero-order valence-corrected chi connectivity index (χ0v) is 12.7. The topological polar surface area (TPSA) is 72.9 Å². The first-order chi connectivity index (χ1) is 10.5. The lowest BCUT2D eigenvalue weighted by atomic mass is 10.1. The van der Waals surface area contributed by atoms with Gasteiger partial charge in [0.15, 0.2) is 0 Å².